The Hall–Kier alpha value is -3.21. The molecule has 1 aromatic carbocycles. The first-order valence-electron chi connectivity index (χ1n) is 11.5. The predicted molar refractivity (Wildman–Crippen MR) is 133 cm³/mol. The second-order valence-corrected chi connectivity index (χ2v) is 9.19. The molecule has 3 heterocycles. The Kier molecular flexibility index (Phi) is 7.84. The van der Waals surface area contributed by atoms with Crippen LogP contribution >= 0.6 is 11.6 Å². The number of nitrogens with zero attached hydrogens (tertiary/aromatic N) is 3. The van der Waals surface area contributed by atoms with Crippen LogP contribution in [0.4, 0.5) is 4.39 Å². The van der Waals surface area contributed by atoms with Gasteiger partial charge in [0.15, 0.2) is 0 Å². The molecule has 4 rings (SSSR count). The quantitative estimate of drug-likeness (QED) is 0.448. The van der Waals surface area contributed by atoms with E-state index in [1.54, 1.807) is 31.5 Å². The van der Waals surface area contributed by atoms with E-state index in [4.69, 9.17) is 16.3 Å². The number of pyridine rings is 2. The van der Waals surface area contributed by atoms with Crippen LogP contribution in [0.5, 0.6) is 5.75 Å². The molecule has 1 saturated heterocycles. The van der Waals surface area contributed by atoms with Crippen molar-refractivity contribution in [3.63, 3.8) is 0 Å². The van der Waals surface area contributed by atoms with Gasteiger partial charge in [-0.1, -0.05) is 23.6 Å². The fraction of sp³-hybridized carbons (Fsp3) is 0.370. The number of carboxylic acids is 1. The van der Waals surface area contributed by atoms with Crippen molar-refractivity contribution in [2.45, 2.75) is 31.9 Å². The first-order chi connectivity index (χ1) is 16.9. The SMILES string of the molecule is COc1ccc2ncc(Cl)c(C(F)CCC3(C(=O)O)CCN(CC#Cc4ccccn4)CC3)c2c1. The summed E-state index contributed by atoms with van der Waals surface area (Å²) in [4.78, 5) is 22.8. The lowest BCUT2D eigenvalue weighted by atomic mass is 9.74. The van der Waals surface area contributed by atoms with Crippen molar-refractivity contribution < 1.29 is 19.0 Å². The van der Waals surface area contributed by atoms with Crippen molar-refractivity contribution in [3.05, 3.63) is 65.1 Å². The Morgan fingerprint density at radius 1 is 1.29 bits per heavy atom. The third-order valence-corrected chi connectivity index (χ3v) is 7.01. The Morgan fingerprint density at radius 3 is 2.77 bits per heavy atom. The molecule has 3 aromatic rings. The standard InChI is InChI=1S/C27H27ClFN3O3/c1-35-20-7-8-24-21(17-20)25(22(28)18-31-24)23(29)9-10-27(26(33)34)11-15-32(16-12-27)14-4-6-19-5-2-3-13-30-19/h2-3,5,7-8,13,17-18,23H,9-12,14-16H2,1H3,(H,33,34). The molecule has 0 bridgehead atoms. The maximum atomic E-state index is 15.6. The number of methoxy groups -OCH3 is 1. The van der Waals surface area contributed by atoms with Crippen molar-refractivity contribution >= 4 is 28.5 Å². The Labute approximate surface area is 209 Å². The zero-order valence-corrected chi connectivity index (χ0v) is 20.3. The van der Waals surface area contributed by atoms with Crippen molar-refractivity contribution in [2.24, 2.45) is 5.41 Å². The summed E-state index contributed by atoms with van der Waals surface area (Å²) in [5.74, 6) is 5.83. The van der Waals surface area contributed by atoms with E-state index in [-0.39, 0.29) is 17.9 Å². The number of carbonyl (C=O) groups is 1. The van der Waals surface area contributed by atoms with Gasteiger partial charge in [-0.15, -0.1) is 0 Å². The Bertz CT molecular complexity index is 1250. The molecule has 0 radical (unpaired) electrons. The Balaban J connectivity index is 1.42. The molecule has 1 N–H and O–H groups in total. The molecule has 2 aromatic heterocycles. The van der Waals surface area contributed by atoms with Gasteiger partial charge in [-0.05, 0) is 61.9 Å². The molecule has 6 nitrogen and oxygen atoms in total. The average molecular weight is 496 g/mol. The number of hydrogen-bond acceptors (Lipinski definition) is 5. The summed E-state index contributed by atoms with van der Waals surface area (Å²) in [5.41, 5.74) is 0.681. The molecule has 1 unspecified atom stereocenters. The van der Waals surface area contributed by atoms with Gasteiger partial charge >= 0.3 is 5.97 Å². The van der Waals surface area contributed by atoms with Gasteiger partial charge in [0.05, 0.1) is 29.6 Å². The zero-order chi connectivity index (χ0) is 24.8. The summed E-state index contributed by atoms with van der Waals surface area (Å²) < 4.78 is 20.8. The number of benzene rings is 1. The first-order valence-corrected chi connectivity index (χ1v) is 11.9. The van der Waals surface area contributed by atoms with Crippen LogP contribution in [0.1, 0.15) is 43.1 Å². The van der Waals surface area contributed by atoms with E-state index < -0.39 is 17.6 Å². The molecular formula is C27H27ClFN3O3. The number of aromatic nitrogens is 2. The van der Waals surface area contributed by atoms with E-state index in [1.165, 1.54) is 6.20 Å². The van der Waals surface area contributed by atoms with Crippen LogP contribution in [0, 0.1) is 17.3 Å². The lowest BCUT2D eigenvalue weighted by molar-refractivity contribution is -0.152. The molecule has 182 valence electrons. The van der Waals surface area contributed by atoms with Gasteiger partial charge in [-0.25, -0.2) is 9.37 Å². The number of rotatable bonds is 7. The van der Waals surface area contributed by atoms with E-state index in [1.807, 2.05) is 18.2 Å². The van der Waals surface area contributed by atoms with Gasteiger partial charge in [0.1, 0.15) is 17.6 Å². The van der Waals surface area contributed by atoms with Gasteiger partial charge in [0.2, 0.25) is 0 Å². The molecule has 1 fully saturated rings. The van der Waals surface area contributed by atoms with Crippen LogP contribution < -0.4 is 4.74 Å². The number of carboxylic acid groups (broad SMARTS) is 1. The first kappa shape index (κ1) is 24.9. The number of likely N-dealkylation sites (tertiary alicyclic amines) is 1. The van der Waals surface area contributed by atoms with Crippen molar-refractivity contribution in [3.8, 4) is 17.6 Å². The van der Waals surface area contributed by atoms with Crippen LogP contribution in [0.15, 0.2) is 48.8 Å². The van der Waals surface area contributed by atoms with Gasteiger partial charge < -0.3 is 9.84 Å². The van der Waals surface area contributed by atoms with Crippen molar-refractivity contribution in [2.75, 3.05) is 26.7 Å². The minimum atomic E-state index is -1.42. The van der Waals surface area contributed by atoms with Crippen LogP contribution in [0.3, 0.4) is 0 Å². The fourth-order valence-electron chi connectivity index (χ4n) is 4.55. The topological polar surface area (TPSA) is 75.6 Å². The van der Waals surface area contributed by atoms with E-state index in [0.717, 1.165) is 0 Å². The van der Waals surface area contributed by atoms with Crippen LogP contribution in [0.25, 0.3) is 10.9 Å². The predicted octanol–water partition coefficient (Wildman–Crippen LogP) is 5.30. The smallest absolute Gasteiger partial charge is 0.309 e. The highest BCUT2D eigenvalue weighted by Crippen LogP contribution is 2.42. The van der Waals surface area contributed by atoms with Gasteiger partial charge in [-0.3, -0.25) is 14.7 Å². The van der Waals surface area contributed by atoms with Gasteiger partial charge in [0.25, 0.3) is 0 Å². The minimum Gasteiger partial charge on any atom is -0.497 e. The monoisotopic (exact) mass is 495 g/mol. The second-order valence-electron chi connectivity index (χ2n) is 8.79. The zero-order valence-electron chi connectivity index (χ0n) is 19.5. The summed E-state index contributed by atoms with van der Waals surface area (Å²) in [6.45, 7) is 1.73. The van der Waals surface area contributed by atoms with E-state index in [0.29, 0.717) is 60.4 Å². The highest BCUT2D eigenvalue weighted by atomic mass is 35.5. The molecule has 1 aliphatic heterocycles. The number of halogens is 2. The maximum absolute atomic E-state index is 15.6. The minimum absolute atomic E-state index is 0.0574. The molecule has 0 aliphatic carbocycles. The third-order valence-electron chi connectivity index (χ3n) is 6.71. The summed E-state index contributed by atoms with van der Waals surface area (Å²) in [6, 6.07) is 10.8. The van der Waals surface area contributed by atoms with Crippen LogP contribution in [0.2, 0.25) is 5.02 Å². The van der Waals surface area contributed by atoms with E-state index >= 15 is 4.39 Å². The van der Waals surface area contributed by atoms with E-state index in [2.05, 4.69) is 26.7 Å². The maximum Gasteiger partial charge on any atom is 0.309 e. The summed E-state index contributed by atoms with van der Waals surface area (Å²) in [7, 11) is 1.54. The van der Waals surface area contributed by atoms with Gasteiger partial charge in [0, 0.05) is 36.4 Å². The largest absolute Gasteiger partial charge is 0.497 e. The summed E-state index contributed by atoms with van der Waals surface area (Å²) in [5, 5.41) is 10.9. The average Bonchev–Trinajstić information content (AvgIpc) is 2.88. The fourth-order valence-corrected chi connectivity index (χ4v) is 4.82. The molecular weight excluding hydrogens is 469 g/mol. The molecule has 0 saturated carbocycles. The third kappa shape index (κ3) is 5.72. The van der Waals surface area contributed by atoms with Gasteiger partial charge in [-0.2, -0.15) is 0 Å². The lowest BCUT2D eigenvalue weighted by Gasteiger charge is -2.38. The number of ether oxygens (including phenoxy) is 1. The van der Waals surface area contributed by atoms with Crippen molar-refractivity contribution in [1.29, 1.82) is 0 Å². The number of alkyl halides is 1. The normalized spacial score (nSPS) is 16.3. The number of fused-ring (bicyclic) bond motifs is 1. The number of piperidine rings is 1. The molecule has 35 heavy (non-hydrogen) atoms. The molecule has 1 atom stereocenters. The highest BCUT2D eigenvalue weighted by Gasteiger charge is 2.41. The lowest BCUT2D eigenvalue weighted by Crippen LogP contribution is -2.44. The summed E-state index contributed by atoms with van der Waals surface area (Å²) in [6.07, 6.45) is 2.89. The molecule has 0 spiro atoms. The number of hydrogen-bond donors (Lipinski definition) is 1. The molecule has 8 heteroatoms. The Morgan fingerprint density at radius 2 is 2.09 bits per heavy atom. The second kappa shape index (κ2) is 11.0. The van der Waals surface area contributed by atoms with Crippen molar-refractivity contribution in [1.82, 2.24) is 14.9 Å². The highest BCUT2D eigenvalue weighted by molar-refractivity contribution is 6.32. The van der Waals surface area contributed by atoms with E-state index in [9.17, 15) is 9.90 Å². The molecule has 1 aliphatic rings. The molecule has 0 amide bonds. The summed E-state index contributed by atoms with van der Waals surface area (Å²) >= 11 is 6.34. The number of aliphatic carboxylic acids is 1. The van der Waals surface area contributed by atoms with Crippen LogP contribution in [-0.2, 0) is 4.79 Å². The van der Waals surface area contributed by atoms with Crippen LogP contribution in [-0.4, -0.2) is 52.7 Å².